The fourth-order valence-electron chi connectivity index (χ4n) is 1.92. The van der Waals surface area contributed by atoms with Crippen molar-refractivity contribution < 1.29 is 14.3 Å². The first-order chi connectivity index (χ1) is 8.63. The van der Waals surface area contributed by atoms with Crippen molar-refractivity contribution in [3.63, 3.8) is 0 Å². The molecule has 0 aromatic heterocycles. The first-order valence-electron chi connectivity index (χ1n) is 5.93. The van der Waals surface area contributed by atoms with Crippen molar-refractivity contribution >= 4 is 17.5 Å². The van der Waals surface area contributed by atoms with Crippen LogP contribution in [-0.4, -0.2) is 29.5 Å². The summed E-state index contributed by atoms with van der Waals surface area (Å²) in [6, 6.07) is 5.68. The first-order valence-corrected chi connectivity index (χ1v) is 6.37. The molecule has 1 heterocycles. The molecule has 0 spiro atoms. The van der Waals surface area contributed by atoms with Gasteiger partial charge in [0.2, 0.25) is 12.7 Å². The summed E-state index contributed by atoms with van der Waals surface area (Å²) in [7, 11) is 0. The molecule has 98 valence electrons. The molecule has 0 saturated heterocycles. The third kappa shape index (κ3) is 2.53. The summed E-state index contributed by atoms with van der Waals surface area (Å²) in [6.45, 7) is 4.94. The number of rotatable bonds is 4. The van der Waals surface area contributed by atoms with Crippen LogP contribution in [0, 0.1) is 0 Å². The number of carbonyl (C=O) groups is 1. The lowest BCUT2D eigenvalue weighted by atomic mass is 10.1. The fraction of sp³-hybridized carbons (Fsp3) is 0.462. The highest BCUT2D eigenvalue weighted by Gasteiger charge is 2.22. The smallest absolute Gasteiger partial charge is 0.240 e. The molecule has 0 saturated carbocycles. The van der Waals surface area contributed by atoms with Crippen LogP contribution in [0.5, 0.6) is 11.5 Å². The van der Waals surface area contributed by atoms with Gasteiger partial charge in [-0.15, -0.1) is 11.6 Å². The van der Waals surface area contributed by atoms with Crippen LogP contribution in [0.1, 0.15) is 19.4 Å². The van der Waals surface area contributed by atoms with Crippen LogP contribution in [-0.2, 0) is 11.3 Å². The highest BCUT2D eigenvalue weighted by Crippen LogP contribution is 2.35. The molecule has 0 bridgehead atoms. The molecule has 1 amide bonds. The Kier molecular flexibility index (Phi) is 3.97. The lowest BCUT2D eigenvalue weighted by Crippen LogP contribution is -2.35. The molecule has 0 fully saturated rings. The van der Waals surface area contributed by atoms with Gasteiger partial charge in [-0.3, -0.25) is 4.79 Å². The van der Waals surface area contributed by atoms with Crippen molar-refractivity contribution in [1.82, 2.24) is 4.90 Å². The van der Waals surface area contributed by atoms with E-state index >= 15 is 0 Å². The minimum Gasteiger partial charge on any atom is -0.454 e. The summed E-state index contributed by atoms with van der Waals surface area (Å²) in [6.07, 6.45) is 0. The van der Waals surface area contributed by atoms with Gasteiger partial charge in [-0.25, -0.2) is 0 Å². The minimum absolute atomic E-state index is 0.0734. The third-order valence-electron chi connectivity index (χ3n) is 2.87. The Morgan fingerprint density at radius 3 is 2.94 bits per heavy atom. The van der Waals surface area contributed by atoms with Crippen LogP contribution in [0.25, 0.3) is 0 Å². The zero-order chi connectivity index (χ0) is 13.1. The number of hydrogen-bond donors (Lipinski definition) is 0. The van der Waals surface area contributed by atoms with E-state index in [2.05, 4.69) is 0 Å². The first kappa shape index (κ1) is 13.0. The van der Waals surface area contributed by atoms with Crippen molar-refractivity contribution in [2.75, 3.05) is 13.3 Å². The molecule has 1 aromatic rings. The molecule has 1 unspecified atom stereocenters. The number of fused-ring (bicyclic) bond motifs is 1. The monoisotopic (exact) mass is 269 g/mol. The van der Waals surface area contributed by atoms with Gasteiger partial charge in [0.15, 0.2) is 11.5 Å². The highest BCUT2D eigenvalue weighted by atomic mass is 35.5. The van der Waals surface area contributed by atoms with E-state index in [4.69, 9.17) is 21.1 Å². The van der Waals surface area contributed by atoms with E-state index in [0.717, 1.165) is 17.1 Å². The molecule has 1 aromatic carbocycles. The largest absolute Gasteiger partial charge is 0.454 e. The van der Waals surface area contributed by atoms with Crippen LogP contribution < -0.4 is 9.47 Å². The average molecular weight is 270 g/mol. The van der Waals surface area contributed by atoms with E-state index in [-0.39, 0.29) is 12.7 Å². The summed E-state index contributed by atoms with van der Waals surface area (Å²) in [5, 5.41) is -0.515. The van der Waals surface area contributed by atoms with E-state index in [0.29, 0.717) is 13.1 Å². The third-order valence-corrected chi connectivity index (χ3v) is 3.06. The van der Waals surface area contributed by atoms with Crippen molar-refractivity contribution in [2.24, 2.45) is 0 Å². The van der Waals surface area contributed by atoms with Gasteiger partial charge < -0.3 is 14.4 Å². The molecule has 1 aliphatic rings. The molecule has 2 rings (SSSR count). The van der Waals surface area contributed by atoms with E-state index in [1.165, 1.54) is 0 Å². The summed E-state index contributed by atoms with van der Waals surface area (Å²) >= 11 is 5.84. The second-order valence-corrected chi connectivity index (χ2v) is 4.77. The SMILES string of the molecule is CCN(Cc1cccc2c1OCO2)C(=O)C(C)Cl. The Balaban J connectivity index is 2.18. The Labute approximate surface area is 111 Å². The van der Waals surface area contributed by atoms with Gasteiger partial charge in [0.25, 0.3) is 0 Å². The second kappa shape index (κ2) is 5.48. The van der Waals surface area contributed by atoms with Gasteiger partial charge in [-0.1, -0.05) is 12.1 Å². The molecule has 1 aliphatic heterocycles. The zero-order valence-corrected chi connectivity index (χ0v) is 11.2. The van der Waals surface area contributed by atoms with Crippen LogP contribution >= 0.6 is 11.6 Å². The Hall–Kier alpha value is -1.42. The van der Waals surface area contributed by atoms with Crippen LogP contribution in [0.3, 0.4) is 0 Å². The lowest BCUT2D eigenvalue weighted by molar-refractivity contribution is -0.130. The number of benzene rings is 1. The molecular formula is C13H16ClNO3. The number of ether oxygens (including phenoxy) is 2. The Morgan fingerprint density at radius 2 is 2.28 bits per heavy atom. The van der Waals surface area contributed by atoms with Gasteiger partial charge in [0.05, 0.1) is 0 Å². The van der Waals surface area contributed by atoms with Crippen molar-refractivity contribution in [2.45, 2.75) is 25.8 Å². The van der Waals surface area contributed by atoms with Gasteiger partial charge in [0, 0.05) is 18.7 Å². The summed E-state index contributed by atoms with van der Waals surface area (Å²) in [5.41, 5.74) is 0.942. The van der Waals surface area contributed by atoms with Crippen molar-refractivity contribution in [3.05, 3.63) is 23.8 Å². The van der Waals surface area contributed by atoms with Gasteiger partial charge >= 0.3 is 0 Å². The predicted octanol–water partition coefficient (Wildman–Crippen LogP) is 2.39. The molecule has 0 N–H and O–H groups in total. The average Bonchev–Trinajstić information content (AvgIpc) is 2.83. The van der Waals surface area contributed by atoms with E-state index in [9.17, 15) is 4.79 Å². The number of para-hydroxylation sites is 1. The molecule has 5 heteroatoms. The summed E-state index contributed by atoms with van der Waals surface area (Å²) < 4.78 is 10.7. The predicted molar refractivity (Wildman–Crippen MR) is 69.0 cm³/mol. The van der Waals surface area contributed by atoms with E-state index in [1.807, 2.05) is 25.1 Å². The summed E-state index contributed by atoms with van der Waals surface area (Å²) in [5.74, 6) is 1.39. The van der Waals surface area contributed by atoms with Crippen LogP contribution in [0.4, 0.5) is 0 Å². The Bertz CT molecular complexity index is 448. The minimum atomic E-state index is -0.515. The van der Waals surface area contributed by atoms with Gasteiger partial charge in [-0.05, 0) is 19.9 Å². The fourth-order valence-corrected chi connectivity index (χ4v) is 2.06. The standard InChI is InChI=1S/C13H16ClNO3/c1-3-15(13(16)9(2)14)7-10-5-4-6-11-12(10)18-8-17-11/h4-6,9H,3,7-8H2,1-2H3. The number of amides is 1. The van der Waals surface area contributed by atoms with Gasteiger partial charge in [0.1, 0.15) is 5.38 Å². The van der Waals surface area contributed by atoms with Gasteiger partial charge in [-0.2, -0.15) is 0 Å². The summed E-state index contributed by atoms with van der Waals surface area (Å²) in [4.78, 5) is 13.6. The number of alkyl halides is 1. The lowest BCUT2D eigenvalue weighted by Gasteiger charge is -2.22. The number of halogens is 1. The number of nitrogens with zero attached hydrogens (tertiary/aromatic N) is 1. The molecule has 4 nitrogen and oxygen atoms in total. The van der Waals surface area contributed by atoms with Crippen LogP contribution in [0.15, 0.2) is 18.2 Å². The zero-order valence-electron chi connectivity index (χ0n) is 10.5. The van der Waals surface area contributed by atoms with E-state index < -0.39 is 5.38 Å². The maximum Gasteiger partial charge on any atom is 0.240 e. The number of hydrogen-bond acceptors (Lipinski definition) is 3. The second-order valence-electron chi connectivity index (χ2n) is 4.12. The number of carbonyl (C=O) groups excluding carboxylic acids is 1. The highest BCUT2D eigenvalue weighted by molar-refractivity contribution is 6.30. The van der Waals surface area contributed by atoms with Crippen molar-refractivity contribution in [1.29, 1.82) is 0 Å². The quantitative estimate of drug-likeness (QED) is 0.788. The topological polar surface area (TPSA) is 38.8 Å². The maximum atomic E-state index is 11.9. The Morgan fingerprint density at radius 1 is 1.50 bits per heavy atom. The van der Waals surface area contributed by atoms with Crippen LogP contribution in [0.2, 0.25) is 0 Å². The maximum absolute atomic E-state index is 11.9. The van der Waals surface area contributed by atoms with Crippen molar-refractivity contribution in [3.8, 4) is 11.5 Å². The molecule has 0 radical (unpaired) electrons. The molecule has 1 atom stereocenters. The van der Waals surface area contributed by atoms with E-state index in [1.54, 1.807) is 11.8 Å². The normalized spacial score (nSPS) is 14.4. The molecular weight excluding hydrogens is 254 g/mol. The molecule has 0 aliphatic carbocycles. The molecule has 18 heavy (non-hydrogen) atoms.